The fourth-order valence-corrected chi connectivity index (χ4v) is 2.72. The SMILES string of the molecule is CC(NC(=O)c1ccc(Br)o1)c1cccc2ccccc12. The van der Waals surface area contributed by atoms with Gasteiger partial charge in [-0.25, -0.2) is 0 Å². The number of furan rings is 1. The number of carbonyl (C=O) groups excluding carboxylic acids is 1. The van der Waals surface area contributed by atoms with Crippen molar-refractivity contribution in [2.75, 3.05) is 0 Å². The van der Waals surface area contributed by atoms with Crippen molar-refractivity contribution < 1.29 is 9.21 Å². The molecule has 1 atom stereocenters. The summed E-state index contributed by atoms with van der Waals surface area (Å²) >= 11 is 3.20. The summed E-state index contributed by atoms with van der Waals surface area (Å²) < 4.78 is 5.82. The molecule has 0 saturated heterocycles. The summed E-state index contributed by atoms with van der Waals surface area (Å²) in [5, 5.41) is 5.27. The molecule has 1 amide bonds. The van der Waals surface area contributed by atoms with Crippen LogP contribution in [0.5, 0.6) is 0 Å². The number of fused-ring (bicyclic) bond motifs is 1. The normalized spacial score (nSPS) is 12.3. The van der Waals surface area contributed by atoms with E-state index in [9.17, 15) is 4.79 Å². The van der Waals surface area contributed by atoms with Gasteiger partial charge in [-0.05, 0) is 51.3 Å². The van der Waals surface area contributed by atoms with Gasteiger partial charge in [0.1, 0.15) is 0 Å². The summed E-state index contributed by atoms with van der Waals surface area (Å²) in [6.07, 6.45) is 0. The number of benzene rings is 2. The van der Waals surface area contributed by atoms with Crippen LogP contribution in [0.2, 0.25) is 0 Å². The lowest BCUT2D eigenvalue weighted by molar-refractivity contribution is 0.0911. The van der Waals surface area contributed by atoms with Gasteiger partial charge in [-0.1, -0.05) is 42.5 Å². The van der Waals surface area contributed by atoms with Gasteiger partial charge >= 0.3 is 0 Å². The standard InChI is InChI=1S/C17H14BrNO2/c1-11(19-17(20)15-9-10-16(18)21-15)13-8-4-6-12-5-2-3-7-14(12)13/h2-11H,1H3,(H,19,20). The Morgan fingerprint density at radius 2 is 1.86 bits per heavy atom. The van der Waals surface area contributed by atoms with Crippen molar-refractivity contribution in [1.29, 1.82) is 0 Å². The van der Waals surface area contributed by atoms with Gasteiger partial charge in [-0.2, -0.15) is 0 Å². The fourth-order valence-electron chi connectivity index (χ4n) is 2.41. The maximum absolute atomic E-state index is 12.2. The highest BCUT2D eigenvalue weighted by Gasteiger charge is 2.15. The molecule has 3 rings (SSSR count). The minimum absolute atomic E-state index is 0.104. The van der Waals surface area contributed by atoms with Crippen molar-refractivity contribution in [3.8, 4) is 0 Å². The molecule has 0 aliphatic carbocycles. The number of nitrogens with one attached hydrogen (secondary N) is 1. The highest BCUT2D eigenvalue weighted by Crippen LogP contribution is 2.24. The van der Waals surface area contributed by atoms with Crippen LogP contribution < -0.4 is 5.32 Å². The molecule has 3 aromatic rings. The second-order valence-electron chi connectivity index (χ2n) is 4.87. The Bertz CT molecular complexity index is 789. The van der Waals surface area contributed by atoms with Gasteiger partial charge in [0.15, 0.2) is 10.4 Å². The quantitative estimate of drug-likeness (QED) is 0.749. The van der Waals surface area contributed by atoms with Gasteiger partial charge in [0.25, 0.3) is 5.91 Å². The molecule has 4 heteroatoms. The highest BCUT2D eigenvalue weighted by atomic mass is 79.9. The van der Waals surface area contributed by atoms with Crippen molar-refractivity contribution in [2.24, 2.45) is 0 Å². The lowest BCUT2D eigenvalue weighted by atomic mass is 9.99. The van der Waals surface area contributed by atoms with Crippen LogP contribution in [0.4, 0.5) is 0 Å². The molecule has 106 valence electrons. The number of rotatable bonds is 3. The highest BCUT2D eigenvalue weighted by molar-refractivity contribution is 9.10. The van der Waals surface area contributed by atoms with Crippen LogP contribution in [0.1, 0.15) is 29.1 Å². The van der Waals surface area contributed by atoms with E-state index < -0.39 is 0 Å². The third kappa shape index (κ3) is 2.85. The van der Waals surface area contributed by atoms with Crippen LogP contribution in [-0.2, 0) is 0 Å². The molecule has 0 aliphatic rings. The fraction of sp³-hybridized carbons (Fsp3) is 0.118. The van der Waals surface area contributed by atoms with Crippen molar-refractivity contribution in [2.45, 2.75) is 13.0 Å². The average molecular weight is 344 g/mol. The van der Waals surface area contributed by atoms with E-state index in [-0.39, 0.29) is 11.9 Å². The molecular formula is C17H14BrNO2. The average Bonchev–Trinajstić information content (AvgIpc) is 2.93. The van der Waals surface area contributed by atoms with Gasteiger partial charge in [0.2, 0.25) is 0 Å². The topological polar surface area (TPSA) is 42.2 Å². The van der Waals surface area contributed by atoms with Crippen LogP contribution >= 0.6 is 15.9 Å². The lowest BCUT2D eigenvalue weighted by Gasteiger charge is -2.15. The van der Waals surface area contributed by atoms with Crippen molar-refractivity contribution in [1.82, 2.24) is 5.32 Å². The monoisotopic (exact) mass is 343 g/mol. The van der Waals surface area contributed by atoms with Gasteiger partial charge in [0, 0.05) is 0 Å². The largest absolute Gasteiger partial charge is 0.444 e. The van der Waals surface area contributed by atoms with E-state index in [4.69, 9.17) is 4.42 Å². The predicted molar refractivity (Wildman–Crippen MR) is 86.2 cm³/mol. The summed E-state index contributed by atoms with van der Waals surface area (Å²) in [5.74, 6) is 0.0788. The van der Waals surface area contributed by atoms with Crippen LogP contribution in [0.15, 0.2) is 63.7 Å². The molecule has 0 spiro atoms. The smallest absolute Gasteiger partial charge is 0.287 e. The number of hydrogen-bond acceptors (Lipinski definition) is 2. The summed E-state index contributed by atoms with van der Waals surface area (Å²) in [5.41, 5.74) is 1.09. The van der Waals surface area contributed by atoms with Crippen LogP contribution in [0.25, 0.3) is 10.8 Å². The Kier molecular flexibility index (Phi) is 3.80. The molecular weight excluding hydrogens is 330 g/mol. The molecule has 21 heavy (non-hydrogen) atoms. The zero-order valence-corrected chi connectivity index (χ0v) is 13.1. The minimum Gasteiger partial charge on any atom is -0.444 e. The summed E-state index contributed by atoms with van der Waals surface area (Å²) in [6, 6.07) is 17.5. The van der Waals surface area contributed by atoms with Gasteiger partial charge in [-0.3, -0.25) is 4.79 Å². The molecule has 0 radical (unpaired) electrons. The maximum atomic E-state index is 12.2. The first-order valence-electron chi connectivity index (χ1n) is 6.69. The van der Waals surface area contributed by atoms with E-state index in [0.29, 0.717) is 10.4 Å². The van der Waals surface area contributed by atoms with Gasteiger partial charge < -0.3 is 9.73 Å². The Balaban J connectivity index is 1.87. The molecule has 3 nitrogen and oxygen atoms in total. The van der Waals surface area contributed by atoms with E-state index in [1.165, 1.54) is 0 Å². The van der Waals surface area contributed by atoms with Crippen LogP contribution in [-0.4, -0.2) is 5.91 Å². The second kappa shape index (κ2) is 5.74. The Labute approximate surface area is 131 Å². The first-order valence-corrected chi connectivity index (χ1v) is 7.48. The van der Waals surface area contributed by atoms with Crippen molar-refractivity contribution in [3.63, 3.8) is 0 Å². The third-order valence-electron chi connectivity index (χ3n) is 3.43. The first kappa shape index (κ1) is 13.9. The Hall–Kier alpha value is -2.07. The lowest BCUT2D eigenvalue weighted by Crippen LogP contribution is -2.26. The van der Waals surface area contributed by atoms with Crippen LogP contribution in [0.3, 0.4) is 0 Å². The zero-order valence-electron chi connectivity index (χ0n) is 11.5. The summed E-state index contributed by atoms with van der Waals surface area (Å²) in [7, 11) is 0. The second-order valence-corrected chi connectivity index (χ2v) is 5.65. The molecule has 0 aliphatic heterocycles. The number of amides is 1. The molecule has 1 aromatic heterocycles. The van der Waals surface area contributed by atoms with E-state index in [1.54, 1.807) is 12.1 Å². The molecule has 1 N–H and O–H groups in total. The zero-order chi connectivity index (χ0) is 14.8. The maximum Gasteiger partial charge on any atom is 0.287 e. The Morgan fingerprint density at radius 3 is 2.62 bits per heavy atom. The number of hydrogen-bond donors (Lipinski definition) is 1. The summed E-state index contributed by atoms with van der Waals surface area (Å²) in [4.78, 5) is 12.2. The molecule has 0 fully saturated rings. The minimum atomic E-state index is -0.221. The molecule has 1 heterocycles. The summed E-state index contributed by atoms with van der Waals surface area (Å²) in [6.45, 7) is 1.97. The van der Waals surface area contributed by atoms with Crippen molar-refractivity contribution >= 4 is 32.6 Å². The molecule has 0 bridgehead atoms. The van der Waals surface area contributed by atoms with Gasteiger partial charge in [0.05, 0.1) is 6.04 Å². The molecule has 1 unspecified atom stereocenters. The molecule has 2 aromatic carbocycles. The van der Waals surface area contributed by atoms with Gasteiger partial charge in [-0.15, -0.1) is 0 Å². The van der Waals surface area contributed by atoms with Crippen molar-refractivity contribution in [3.05, 3.63) is 70.6 Å². The van der Waals surface area contributed by atoms with Crippen LogP contribution in [0, 0.1) is 0 Å². The third-order valence-corrected chi connectivity index (χ3v) is 3.86. The van der Waals surface area contributed by atoms with E-state index in [0.717, 1.165) is 16.3 Å². The number of carbonyl (C=O) groups is 1. The Morgan fingerprint density at radius 1 is 1.10 bits per heavy atom. The van der Waals surface area contributed by atoms with E-state index in [2.05, 4.69) is 39.4 Å². The molecule has 0 saturated carbocycles. The first-order chi connectivity index (χ1) is 10.1. The predicted octanol–water partition coefficient (Wildman–Crippen LogP) is 4.69. The van der Waals surface area contributed by atoms with E-state index in [1.807, 2.05) is 31.2 Å². The number of halogens is 1. The van der Waals surface area contributed by atoms with E-state index >= 15 is 0 Å².